The second-order valence-electron chi connectivity index (χ2n) is 3.48. The van der Waals surface area contributed by atoms with Crippen LogP contribution in [0.5, 0.6) is 5.75 Å². The van der Waals surface area contributed by atoms with Crippen molar-refractivity contribution in [3.05, 3.63) is 30.0 Å². The SMILES string of the molecule is COC(=O)c1ccc2c(OC)cc(N)cc2n1. The average Bonchev–Trinajstić information content (AvgIpc) is 2.35. The topological polar surface area (TPSA) is 74.4 Å². The Hall–Kier alpha value is -2.30. The highest BCUT2D eigenvalue weighted by Gasteiger charge is 2.10. The maximum absolute atomic E-state index is 11.3. The van der Waals surface area contributed by atoms with E-state index in [9.17, 15) is 4.79 Å². The number of hydrogen-bond donors (Lipinski definition) is 1. The third-order valence-corrected chi connectivity index (χ3v) is 2.41. The normalized spacial score (nSPS) is 10.2. The fourth-order valence-corrected chi connectivity index (χ4v) is 1.61. The first kappa shape index (κ1) is 11.2. The number of carbonyl (C=O) groups is 1. The van der Waals surface area contributed by atoms with Gasteiger partial charge in [0.2, 0.25) is 0 Å². The van der Waals surface area contributed by atoms with Crippen LogP contribution >= 0.6 is 0 Å². The molecule has 0 amide bonds. The molecule has 5 nitrogen and oxygen atoms in total. The van der Waals surface area contributed by atoms with Crippen molar-refractivity contribution < 1.29 is 14.3 Å². The van der Waals surface area contributed by atoms with E-state index in [4.69, 9.17) is 10.5 Å². The molecule has 0 atom stereocenters. The Labute approximate surface area is 98.2 Å². The summed E-state index contributed by atoms with van der Waals surface area (Å²) in [7, 11) is 2.87. The number of anilines is 1. The quantitative estimate of drug-likeness (QED) is 0.629. The predicted octanol–water partition coefficient (Wildman–Crippen LogP) is 1.61. The van der Waals surface area contributed by atoms with Gasteiger partial charge in [0.05, 0.1) is 19.7 Å². The van der Waals surface area contributed by atoms with Crippen LogP contribution in [0.15, 0.2) is 24.3 Å². The van der Waals surface area contributed by atoms with Gasteiger partial charge >= 0.3 is 5.97 Å². The summed E-state index contributed by atoms with van der Waals surface area (Å²) in [5, 5.41) is 0.800. The van der Waals surface area contributed by atoms with Crippen LogP contribution in [0.2, 0.25) is 0 Å². The number of methoxy groups -OCH3 is 2. The molecule has 2 N–H and O–H groups in total. The molecule has 1 aromatic heterocycles. The molecule has 5 heteroatoms. The van der Waals surface area contributed by atoms with Crippen LogP contribution in [0.1, 0.15) is 10.5 Å². The smallest absolute Gasteiger partial charge is 0.356 e. The minimum absolute atomic E-state index is 0.243. The Balaban J connectivity index is 2.65. The van der Waals surface area contributed by atoms with Crippen LogP contribution in [0, 0.1) is 0 Å². The number of esters is 1. The molecule has 88 valence electrons. The number of carbonyl (C=O) groups excluding carboxylic acids is 1. The van der Waals surface area contributed by atoms with E-state index in [-0.39, 0.29) is 5.69 Å². The van der Waals surface area contributed by atoms with Gasteiger partial charge in [0.15, 0.2) is 0 Å². The van der Waals surface area contributed by atoms with Crippen molar-refractivity contribution in [3.63, 3.8) is 0 Å². The molecular weight excluding hydrogens is 220 g/mol. The molecule has 0 aliphatic heterocycles. The lowest BCUT2D eigenvalue weighted by Crippen LogP contribution is -2.04. The molecule has 0 radical (unpaired) electrons. The average molecular weight is 232 g/mol. The van der Waals surface area contributed by atoms with Crippen molar-refractivity contribution in [2.24, 2.45) is 0 Å². The van der Waals surface area contributed by atoms with Crippen LogP contribution in [0.4, 0.5) is 5.69 Å². The van der Waals surface area contributed by atoms with Gasteiger partial charge in [-0.25, -0.2) is 9.78 Å². The van der Waals surface area contributed by atoms with E-state index in [1.54, 1.807) is 31.4 Å². The highest BCUT2D eigenvalue weighted by Crippen LogP contribution is 2.27. The highest BCUT2D eigenvalue weighted by molar-refractivity contribution is 5.94. The molecule has 1 heterocycles. The van der Waals surface area contributed by atoms with E-state index >= 15 is 0 Å². The van der Waals surface area contributed by atoms with Gasteiger partial charge in [0.1, 0.15) is 11.4 Å². The Kier molecular flexibility index (Phi) is 2.82. The first-order valence-electron chi connectivity index (χ1n) is 4.98. The molecule has 0 fully saturated rings. The number of benzene rings is 1. The zero-order chi connectivity index (χ0) is 12.4. The molecule has 1 aromatic carbocycles. The largest absolute Gasteiger partial charge is 0.496 e. The molecule has 17 heavy (non-hydrogen) atoms. The molecule has 0 bridgehead atoms. The Morgan fingerprint density at radius 3 is 2.71 bits per heavy atom. The number of nitrogens with zero attached hydrogens (tertiary/aromatic N) is 1. The number of nitrogen functional groups attached to an aromatic ring is 1. The van der Waals surface area contributed by atoms with Crippen molar-refractivity contribution in [2.45, 2.75) is 0 Å². The molecule has 0 unspecified atom stereocenters. The number of nitrogens with two attached hydrogens (primary N) is 1. The van der Waals surface area contributed by atoms with Crippen molar-refractivity contribution in [3.8, 4) is 5.75 Å². The summed E-state index contributed by atoms with van der Waals surface area (Å²) >= 11 is 0. The lowest BCUT2D eigenvalue weighted by molar-refractivity contribution is 0.0594. The van der Waals surface area contributed by atoms with Crippen LogP contribution < -0.4 is 10.5 Å². The Morgan fingerprint density at radius 2 is 2.06 bits per heavy atom. The van der Waals surface area contributed by atoms with Gasteiger partial charge < -0.3 is 15.2 Å². The highest BCUT2D eigenvalue weighted by atomic mass is 16.5. The fourth-order valence-electron chi connectivity index (χ4n) is 1.61. The first-order chi connectivity index (χ1) is 8.15. The number of fused-ring (bicyclic) bond motifs is 1. The summed E-state index contributed by atoms with van der Waals surface area (Å²) in [5.41, 5.74) is 7.10. The van der Waals surface area contributed by atoms with Gasteiger partial charge in [-0.15, -0.1) is 0 Å². The van der Waals surface area contributed by atoms with Crippen LogP contribution in [0.3, 0.4) is 0 Å². The summed E-state index contributed by atoms with van der Waals surface area (Å²) in [6.07, 6.45) is 0. The van der Waals surface area contributed by atoms with E-state index in [0.717, 1.165) is 5.39 Å². The van der Waals surface area contributed by atoms with E-state index in [2.05, 4.69) is 9.72 Å². The summed E-state index contributed by atoms with van der Waals surface area (Å²) in [6.45, 7) is 0. The maximum atomic E-state index is 11.3. The van der Waals surface area contributed by atoms with E-state index in [1.807, 2.05) is 0 Å². The molecular formula is C12H12N2O3. The lowest BCUT2D eigenvalue weighted by atomic mass is 10.1. The van der Waals surface area contributed by atoms with Crippen molar-refractivity contribution in [1.29, 1.82) is 0 Å². The number of ether oxygens (including phenoxy) is 2. The first-order valence-corrected chi connectivity index (χ1v) is 4.98. The summed E-state index contributed by atoms with van der Waals surface area (Å²) in [5.74, 6) is 0.150. The van der Waals surface area contributed by atoms with Gasteiger partial charge in [-0.1, -0.05) is 0 Å². The predicted molar refractivity (Wildman–Crippen MR) is 64.0 cm³/mol. The zero-order valence-electron chi connectivity index (χ0n) is 9.56. The summed E-state index contributed by atoms with van der Waals surface area (Å²) < 4.78 is 9.81. The van der Waals surface area contributed by atoms with Gasteiger partial charge in [-0.2, -0.15) is 0 Å². The van der Waals surface area contributed by atoms with E-state index in [1.165, 1.54) is 7.11 Å². The van der Waals surface area contributed by atoms with E-state index in [0.29, 0.717) is 17.0 Å². The van der Waals surface area contributed by atoms with Crippen molar-refractivity contribution in [1.82, 2.24) is 4.98 Å². The molecule has 0 saturated heterocycles. The van der Waals surface area contributed by atoms with Gasteiger partial charge in [-0.05, 0) is 18.2 Å². The van der Waals surface area contributed by atoms with Gasteiger partial charge in [-0.3, -0.25) is 0 Å². The van der Waals surface area contributed by atoms with Gasteiger partial charge in [0, 0.05) is 17.1 Å². The number of hydrogen-bond acceptors (Lipinski definition) is 5. The minimum Gasteiger partial charge on any atom is -0.496 e. The molecule has 0 aliphatic rings. The van der Waals surface area contributed by atoms with Gasteiger partial charge in [0.25, 0.3) is 0 Å². The third-order valence-electron chi connectivity index (χ3n) is 2.41. The molecule has 2 rings (SSSR count). The van der Waals surface area contributed by atoms with Crippen molar-refractivity contribution in [2.75, 3.05) is 20.0 Å². The Morgan fingerprint density at radius 1 is 1.29 bits per heavy atom. The van der Waals surface area contributed by atoms with Crippen LogP contribution in [-0.2, 0) is 4.74 Å². The number of pyridine rings is 1. The maximum Gasteiger partial charge on any atom is 0.356 e. The van der Waals surface area contributed by atoms with Crippen LogP contribution in [-0.4, -0.2) is 25.2 Å². The molecule has 0 aliphatic carbocycles. The second-order valence-corrected chi connectivity index (χ2v) is 3.48. The molecule has 0 spiro atoms. The second kappa shape index (κ2) is 4.29. The Bertz CT molecular complexity index is 581. The lowest BCUT2D eigenvalue weighted by Gasteiger charge is -2.07. The minimum atomic E-state index is -0.478. The summed E-state index contributed by atoms with van der Waals surface area (Å²) in [4.78, 5) is 15.5. The zero-order valence-corrected chi connectivity index (χ0v) is 9.56. The van der Waals surface area contributed by atoms with Crippen molar-refractivity contribution >= 4 is 22.6 Å². The monoisotopic (exact) mass is 232 g/mol. The number of rotatable bonds is 2. The standard InChI is InChI=1S/C12H12N2O3/c1-16-11-6-7(13)5-10-8(11)3-4-9(14-10)12(15)17-2/h3-6H,13H2,1-2H3. The summed E-state index contributed by atoms with van der Waals surface area (Å²) in [6, 6.07) is 6.74. The third kappa shape index (κ3) is 1.99. The molecule has 0 saturated carbocycles. The number of aromatic nitrogens is 1. The molecule has 2 aromatic rings. The van der Waals surface area contributed by atoms with Crippen LogP contribution in [0.25, 0.3) is 10.9 Å². The van der Waals surface area contributed by atoms with E-state index < -0.39 is 5.97 Å². The fraction of sp³-hybridized carbons (Fsp3) is 0.167.